The number of aryl methyl sites for hydroxylation is 2. The van der Waals surface area contributed by atoms with Crippen molar-refractivity contribution in [2.24, 2.45) is 5.41 Å². The lowest BCUT2D eigenvalue weighted by Crippen LogP contribution is -2.09. The molecule has 0 amide bonds. The van der Waals surface area contributed by atoms with Crippen molar-refractivity contribution in [3.05, 3.63) is 16.6 Å². The smallest absolute Gasteiger partial charge is 0.0582 e. The first-order valence-corrected chi connectivity index (χ1v) is 7.52. The van der Waals surface area contributed by atoms with Crippen LogP contribution in [0.15, 0.2) is 5.38 Å². The Morgan fingerprint density at radius 2 is 2.13 bits per heavy atom. The van der Waals surface area contributed by atoms with Crippen LogP contribution in [0.2, 0.25) is 0 Å². The number of thioether (sulfide) groups is 1. The van der Waals surface area contributed by atoms with Crippen LogP contribution in [0.25, 0.3) is 0 Å². The Balaban J connectivity index is 2.26. The number of rotatable bonds is 5. The predicted octanol–water partition coefficient (Wildman–Crippen LogP) is 4.03. The molecule has 1 nitrogen and oxygen atoms in total. The van der Waals surface area contributed by atoms with Gasteiger partial charge in [0.1, 0.15) is 0 Å². The summed E-state index contributed by atoms with van der Waals surface area (Å²) in [6.07, 6.45) is 2.25. The van der Waals surface area contributed by atoms with Crippen molar-refractivity contribution in [1.29, 1.82) is 0 Å². The molecule has 15 heavy (non-hydrogen) atoms. The second-order valence-electron chi connectivity index (χ2n) is 5.00. The van der Waals surface area contributed by atoms with Crippen molar-refractivity contribution in [1.82, 2.24) is 4.37 Å². The van der Waals surface area contributed by atoms with Crippen LogP contribution in [-0.2, 0) is 12.8 Å². The van der Waals surface area contributed by atoms with Gasteiger partial charge in [-0.05, 0) is 40.4 Å². The summed E-state index contributed by atoms with van der Waals surface area (Å²) in [5.74, 6) is 2.44. The summed E-state index contributed by atoms with van der Waals surface area (Å²) < 4.78 is 4.45. The maximum absolute atomic E-state index is 4.45. The van der Waals surface area contributed by atoms with Crippen molar-refractivity contribution in [3.63, 3.8) is 0 Å². The fraction of sp³-hybridized carbons (Fsp3) is 0.750. The van der Waals surface area contributed by atoms with Gasteiger partial charge in [-0.15, -0.1) is 0 Å². The summed E-state index contributed by atoms with van der Waals surface area (Å²) >= 11 is 3.64. The van der Waals surface area contributed by atoms with E-state index in [-0.39, 0.29) is 0 Å². The van der Waals surface area contributed by atoms with Gasteiger partial charge in [-0.25, -0.2) is 0 Å². The average molecular weight is 243 g/mol. The molecule has 0 N–H and O–H groups in total. The molecule has 0 spiro atoms. The summed E-state index contributed by atoms with van der Waals surface area (Å²) in [5, 5.41) is 2.18. The van der Waals surface area contributed by atoms with E-state index in [9.17, 15) is 0 Å². The Labute approximate surface area is 102 Å². The summed E-state index contributed by atoms with van der Waals surface area (Å²) in [6, 6.07) is 0. The Morgan fingerprint density at radius 3 is 2.73 bits per heavy atom. The molecule has 3 heteroatoms. The monoisotopic (exact) mass is 243 g/mol. The summed E-state index contributed by atoms with van der Waals surface area (Å²) in [5.41, 5.74) is 3.21. The molecule has 86 valence electrons. The van der Waals surface area contributed by atoms with Crippen molar-refractivity contribution >= 4 is 23.3 Å². The molecule has 0 saturated heterocycles. The van der Waals surface area contributed by atoms with Crippen LogP contribution in [-0.4, -0.2) is 15.9 Å². The zero-order valence-electron chi connectivity index (χ0n) is 10.2. The molecule has 0 radical (unpaired) electrons. The van der Waals surface area contributed by atoms with Crippen molar-refractivity contribution in [2.45, 2.75) is 40.5 Å². The van der Waals surface area contributed by atoms with Crippen molar-refractivity contribution in [3.8, 4) is 0 Å². The van der Waals surface area contributed by atoms with Crippen molar-refractivity contribution < 1.29 is 0 Å². The molecule has 0 aliphatic rings. The molecule has 1 aromatic heterocycles. The van der Waals surface area contributed by atoms with Crippen LogP contribution in [0.5, 0.6) is 0 Å². The minimum Gasteiger partial charge on any atom is -0.197 e. The van der Waals surface area contributed by atoms with Gasteiger partial charge in [-0.2, -0.15) is 16.1 Å². The highest BCUT2D eigenvalue weighted by atomic mass is 32.2. The van der Waals surface area contributed by atoms with E-state index < -0.39 is 0 Å². The maximum atomic E-state index is 4.45. The Hall–Kier alpha value is -0.0200. The van der Waals surface area contributed by atoms with Crippen LogP contribution < -0.4 is 0 Å². The molecule has 0 aromatic carbocycles. The van der Waals surface area contributed by atoms with Gasteiger partial charge in [0.25, 0.3) is 0 Å². The Bertz CT molecular complexity index is 286. The average Bonchev–Trinajstić information content (AvgIpc) is 2.58. The van der Waals surface area contributed by atoms with Gasteiger partial charge in [0.15, 0.2) is 0 Å². The molecule has 1 aromatic rings. The first-order chi connectivity index (χ1) is 7.03. The van der Waals surface area contributed by atoms with Crippen LogP contribution in [0.1, 0.15) is 39.0 Å². The molecule has 1 heterocycles. The van der Waals surface area contributed by atoms with Gasteiger partial charge in [-0.3, -0.25) is 0 Å². The Kier molecular flexibility index (Phi) is 5.13. The van der Waals surface area contributed by atoms with E-state index >= 15 is 0 Å². The van der Waals surface area contributed by atoms with Gasteiger partial charge in [0.2, 0.25) is 0 Å². The third kappa shape index (κ3) is 5.03. The molecule has 0 aliphatic carbocycles. The quantitative estimate of drug-likeness (QED) is 0.724. The third-order valence-electron chi connectivity index (χ3n) is 2.13. The van der Waals surface area contributed by atoms with E-state index in [4.69, 9.17) is 0 Å². The summed E-state index contributed by atoms with van der Waals surface area (Å²) in [4.78, 5) is 0. The van der Waals surface area contributed by atoms with Crippen LogP contribution in [0, 0.1) is 5.41 Å². The van der Waals surface area contributed by atoms with Crippen LogP contribution >= 0.6 is 23.3 Å². The number of aromatic nitrogens is 1. The number of hydrogen-bond acceptors (Lipinski definition) is 3. The highest BCUT2D eigenvalue weighted by Crippen LogP contribution is 2.21. The highest BCUT2D eigenvalue weighted by Gasteiger charge is 2.10. The fourth-order valence-electron chi connectivity index (χ4n) is 1.32. The first-order valence-electron chi connectivity index (χ1n) is 5.53. The standard InChI is InChI=1S/C12H21NS2/c1-5-10-8-15-13-11(10)6-7-14-9-12(2,3)4/h8H,5-7,9H2,1-4H3. The molecule has 0 unspecified atom stereocenters. The van der Waals surface area contributed by atoms with Gasteiger partial charge in [0.05, 0.1) is 5.69 Å². The minimum absolute atomic E-state index is 0.445. The van der Waals surface area contributed by atoms with Gasteiger partial charge >= 0.3 is 0 Å². The lowest BCUT2D eigenvalue weighted by Gasteiger charge is -2.16. The maximum Gasteiger partial charge on any atom is 0.0582 e. The van der Waals surface area contributed by atoms with Crippen LogP contribution in [0.4, 0.5) is 0 Å². The van der Waals surface area contributed by atoms with E-state index in [0.717, 1.165) is 12.8 Å². The first kappa shape index (κ1) is 13.0. The van der Waals surface area contributed by atoms with Crippen LogP contribution in [0.3, 0.4) is 0 Å². The lowest BCUT2D eigenvalue weighted by molar-refractivity contribution is 0.481. The molecular weight excluding hydrogens is 222 g/mol. The fourth-order valence-corrected chi connectivity index (χ4v) is 3.23. The van der Waals surface area contributed by atoms with E-state index in [1.807, 2.05) is 11.8 Å². The summed E-state index contributed by atoms with van der Waals surface area (Å²) in [7, 11) is 0. The SMILES string of the molecule is CCc1csnc1CCSCC(C)(C)C. The molecule has 0 saturated carbocycles. The molecular formula is C12H21NS2. The highest BCUT2D eigenvalue weighted by molar-refractivity contribution is 7.99. The van der Waals surface area contributed by atoms with E-state index in [0.29, 0.717) is 5.41 Å². The number of hydrogen-bond donors (Lipinski definition) is 0. The van der Waals surface area contributed by atoms with E-state index in [2.05, 4.69) is 37.4 Å². The van der Waals surface area contributed by atoms with E-state index in [1.54, 1.807) is 11.5 Å². The topological polar surface area (TPSA) is 12.9 Å². The molecule has 0 aliphatic heterocycles. The lowest BCUT2D eigenvalue weighted by atomic mass is 10.0. The zero-order chi connectivity index (χ0) is 11.3. The number of nitrogens with zero attached hydrogens (tertiary/aromatic N) is 1. The molecule has 0 fully saturated rings. The normalized spacial score (nSPS) is 12.0. The van der Waals surface area contributed by atoms with Crippen molar-refractivity contribution in [2.75, 3.05) is 11.5 Å². The van der Waals surface area contributed by atoms with Gasteiger partial charge < -0.3 is 0 Å². The molecule has 1 rings (SSSR count). The molecule has 0 bridgehead atoms. The van der Waals surface area contributed by atoms with Gasteiger partial charge in [0, 0.05) is 11.8 Å². The largest absolute Gasteiger partial charge is 0.197 e. The second kappa shape index (κ2) is 5.90. The minimum atomic E-state index is 0.445. The zero-order valence-corrected chi connectivity index (χ0v) is 11.8. The Morgan fingerprint density at radius 1 is 1.40 bits per heavy atom. The summed E-state index contributed by atoms with van der Waals surface area (Å²) in [6.45, 7) is 9.08. The second-order valence-corrected chi connectivity index (χ2v) is 6.74. The van der Waals surface area contributed by atoms with E-state index in [1.165, 1.54) is 22.8 Å². The third-order valence-corrected chi connectivity index (χ3v) is 4.41. The predicted molar refractivity (Wildman–Crippen MR) is 72.0 cm³/mol. The molecule has 0 atom stereocenters. The van der Waals surface area contributed by atoms with Gasteiger partial charge in [-0.1, -0.05) is 27.7 Å².